The number of aromatic nitrogens is 2. The molecule has 2 bridgehead atoms. The van der Waals surface area contributed by atoms with E-state index in [-0.39, 0.29) is 41.8 Å². The van der Waals surface area contributed by atoms with Crippen molar-refractivity contribution < 1.29 is 14.7 Å². The number of nitrogens with one attached hydrogen (secondary N) is 1. The van der Waals surface area contributed by atoms with Gasteiger partial charge in [-0.1, -0.05) is 12.1 Å². The van der Waals surface area contributed by atoms with E-state index in [0.29, 0.717) is 18.6 Å². The van der Waals surface area contributed by atoms with Crippen LogP contribution in [0.1, 0.15) is 52.5 Å². The van der Waals surface area contributed by atoms with Gasteiger partial charge in [0, 0.05) is 51.2 Å². The summed E-state index contributed by atoms with van der Waals surface area (Å²) in [6, 6.07) is 7.49. The van der Waals surface area contributed by atoms with Crippen LogP contribution in [0.25, 0.3) is 11.0 Å². The van der Waals surface area contributed by atoms with Crippen LogP contribution in [-0.4, -0.2) is 80.3 Å². The lowest BCUT2D eigenvalue weighted by molar-refractivity contribution is -0.129. The van der Waals surface area contributed by atoms with E-state index >= 15 is 0 Å². The molecule has 180 valence electrons. The highest BCUT2D eigenvalue weighted by molar-refractivity contribution is 5.89. The number of fused-ring (bicyclic) bond motifs is 3. The third-order valence-electron chi connectivity index (χ3n) is 7.15. The molecule has 3 heterocycles. The second-order valence-electron chi connectivity index (χ2n) is 9.82. The zero-order valence-electron chi connectivity index (χ0n) is 19.9. The van der Waals surface area contributed by atoms with Crippen molar-refractivity contribution in [3.8, 4) is 0 Å². The average molecular weight is 458 g/mol. The van der Waals surface area contributed by atoms with Gasteiger partial charge in [0.25, 0.3) is 0 Å². The molecule has 0 spiro atoms. The number of para-hydroxylation sites is 2. The highest BCUT2D eigenvalue weighted by Crippen LogP contribution is 2.36. The summed E-state index contributed by atoms with van der Waals surface area (Å²) in [6.45, 7) is 6.20. The summed E-state index contributed by atoms with van der Waals surface area (Å²) in [5, 5.41) is 13.6. The highest BCUT2D eigenvalue weighted by Gasteiger charge is 2.42. The Morgan fingerprint density at radius 1 is 1.15 bits per heavy atom. The number of aliphatic hydroxyl groups is 1. The number of benzene rings is 1. The summed E-state index contributed by atoms with van der Waals surface area (Å²) in [5.41, 5.74) is 1.06. The Morgan fingerprint density at radius 2 is 1.76 bits per heavy atom. The van der Waals surface area contributed by atoms with Gasteiger partial charge in [-0.15, -0.1) is 0 Å². The molecule has 2 saturated heterocycles. The molecule has 0 radical (unpaired) electrons. The molecule has 0 saturated carbocycles. The van der Waals surface area contributed by atoms with E-state index in [9.17, 15) is 19.5 Å². The maximum atomic E-state index is 13.2. The Hall–Kier alpha value is -2.65. The van der Waals surface area contributed by atoms with Gasteiger partial charge in [-0.3, -0.25) is 14.3 Å². The molecule has 9 heteroatoms. The van der Waals surface area contributed by atoms with Crippen LogP contribution in [0.3, 0.4) is 0 Å². The number of carbonyl (C=O) groups is 2. The van der Waals surface area contributed by atoms with Gasteiger partial charge in [-0.2, -0.15) is 0 Å². The maximum absolute atomic E-state index is 13.2. The van der Waals surface area contributed by atoms with Crippen LogP contribution in [0.5, 0.6) is 0 Å². The molecule has 2 N–H and O–H groups in total. The molecule has 2 aromatic rings. The monoisotopic (exact) mass is 457 g/mol. The Balaban J connectivity index is 1.44. The minimum Gasteiger partial charge on any atom is -0.390 e. The van der Waals surface area contributed by atoms with Gasteiger partial charge < -0.3 is 15.3 Å². The third kappa shape index (κ3) is 4.56. The smallest absolute Gasteiger partial charge is 0.337 e. The first-order valence-electron chi connectivity index (χ1n) is 11.9. The first kappa shape index (κ1) is 23.5. The maximum Gasteiger partial charge on any atom is 0.337 e. The van der Waals surface area contributed by atoms with Crippen molar-refractivity contribution in [1.29, 1.82) is 0 Å². The first-order valence-corrected chi connectivity index (χ1v) is 11.9. The van der Waals surface area contributed by atoms with Gasteiger partial charge >= 0.3 is 11.7 Å². The standard InChI is InChI=1S/C24H35N5O4/c1-15(2)28-21-7-5-6-8-22(21)29(24(28)33)23(32)25-17-11-18-9-10-19(12-17)27(18)14-20(31)13-26(4)16(3)30/h5-8,15,17-20,31H,9-14H2,1-4H3,(H,25,32)/t17?,18-,19?,20-/m0/s1. The van der Waals surface area contributed by atoms with Crippen molar-refractivity contribution in [1.82, 2.24) is 24.3 Å². The fourth-order valence-corrected chi connectivity index (χ4v) is 5.54. The number of imidazole rings is 1. The van der Waals surface area contributed by atoms with Crippen LogP contribution in [0, 0.1) is 0 Å². The second-order valence-corrected chi connectivity index (χ2v) is 9.82. The van der Waals surface area contributed by atoms with Crippen molar-refractivity contribution in [2.45, 2.75) is 76.7 Å². The molecule has 9 nitrogen and oxygen atoms in total. The number of hydrogen-bond acceptors (Lipinski definition) is 5. The zero-order chi connectivity index (χ0) is 23.9. The van der Waals surface area contributed by atoms with Gasteiger partial charge in [0.15, 0.2) is 0 Å². The van der Waals surface area contributed by atoms with Crippen molar-refractivity contribution in [3.63, 3.8) is 0 Å². The SMILES string of the molecule is CC(=O)N(C)C[C@H](O)CN1C2CC[C@H]1CC(NC(=O)n1c(=O)n(C(C)C)c3ccccc31)C2. The lowest BCUT2D eigenvalue weighted by Gasteiger charge is -2.40. The molecule has 4 atom stereocenters. The van der Waals surface area contributed by atoms with Crippen molar-refractivity contribution in [3.05, 3.63) is 34.7 Å². The Bertz CT molecular complexity index is 1080. The Labute approximate surface area is 194 Å². The lowest BCUT2D eigenvalue weighted by Crippen LogP contribution is -2.54. The van der Waals surface area contributed by atoms with E-state index in [4.69, 9.17) is 0 Å². The fraction of sp³-hybridized carbons (Fsp3) is 0.625. The van der Waals surface area contributed by atoms with Crippen LogP contribution in [-0.2, 0) is 4.79 Å². The van der Waals surface area contributed by atoms with Gasteiger partial charge in [0.2, 0.25) is 5.91 Å². The lowest BCUT2D eigenvalue weighted by atomic mass is 9.97. The molecule has 2 amide bonds. The number of carbonyl (C=O) groups excluding carboxylic acids is 2. The molecule has 0 aliphatic carbocycles. The summed E-state index contributed by atoms with van der Waals surface area (Å²) in [4.78, 5) is 41.6. The van der Waals surface area contributed by atoms with Crippen LogP contribution in [0.2, 0.25) is 0 Å². The molecule has 33 heavy (non-hydrogen) atoms. The van der Waals surface area contributed by atoms with Gasteiger partial charge in [-0.05, 0) is 51.7 Å². The highest BCUT2D eigenvalue weighted by atomic mass is 16.3. The van der Waals surface area contributed by atoms with E-state index in [1.54, 1.807) is 17.7 Å². The molecule has 2 fully saturated rings. The number of rotatable bonds is 6. The minimum absolute atomic E-state index is 0.0173. The van der Waals surface area contributed by atoms with Gasteiger partial charge in [-0.25, -0.2) is 14.2 Å². The predicted molar refractivity (Wildman–Crippen MR) is 126 cm³/mol. The zero-order valence-corrected chi connectivity index (χ0v) is 19.9. The summed E-state index contributed by atoms with van der Waals surface area (Å²) in [5.74, 6) is -0.0625. The first-order chi connectivity index (χ1) is 15.7. The minimum atomic E-state index is -0.603. The van der Waals surface area contributed by atoms with Gasteiger partial charge in [0.1, 0.15) is 0 Å². The quantitative estimate of drug-likeness (QED) is 0.689. The van der Waals surface area contributed by atoms with E-state index in [1.807, 2.05) is 32.0 Å². The molecule has 1 aromatic carbocycles. The second kappa shape index (κ2) is 9.30. The summed E-state index contributed by atoms with van der Waals surface area (Å²) in [7, 11) is 1.69. The Morgan fingerprint density at radius 3 is 2.33 bits per heavy atom. The van der Waals surface area contributed by atoms with E-state index in [2.05, 4.69) is 10.2 Å². The fourth-order valence-electron chi connectivity index (χ4n) is 5.54. The number of likely N-dealkylation sites (N-methyl/N-ethyl adjacent to an activating group) is 1. The molecule has 2 aliphatic heterocycles. The van der Waals surface area contributed by atoms with Crippen LogP contribution >= 0.6 is 0 Å². The normalized spacial score (nSPS) is 23.8. The molecule has 4 rings (SSSR count). The van der Waals surface area contributed by atoms with Crippen LogP contribution in [0.4, 0.5) is 4.79 Å². The number of piperidine rings is 1. The summed E-state index contributed by atoms with van der Waals surface area (Å²) in [6.07, 6.45) is 3.02. The topological polar surface area (TPSA) is 99.8 Å². The molecule has 2 unspecified atom stereocenters. The van der Waals surface area contributed by atoms with E-state index in [0.717, 1.165) is 31.2 Å². The number of hydrogen-bond donors (Lipinski definition) is 2. The third-order valence-corrected chi connectivity index (χ3v) is 7.15. The molecular weight excluding hydrogens is 422 g/mol. The number of aliphatic hydroxyl groups excluding tert-OH is 1. The molecule has 1 aromatic heterocycles. The number of amides is 2. The number of nitrogens with zero attached hydrogens (tertiary/aromatic N) is 4. The van der Waals surface area contributed by atoms with Crippen molar-refractivity contribution in [2.75, 3.05) is 20.1 Å². The van der Waals surface area contributed by atoms with Crippen LogP contribution in [0.15, 0.2) is 29.1 Å². The van der Waals surface area contributed by atoms with Gasteiger partial charge in [0.05, 0.1) is 17.1 Å². The summed E-state index contributed by atoms with van der Waals surface area (Å²) >= 11 is 0. The predicted octanol–water partition coefficient (Wildman–Crippen LogP) is 1.78. The van der Waals surface area contributed by atoms with Crippen molar-refractivity contribution >= 4 is 23.0 Å². The average Bonchev–Trinajstić information content (AvgIpc) is 3.16. The summed E-state index contributed by atoms with van der Waals surface area (Å²) < 4.78 is 2.91. The van der Waals surface area contributed by atoms with Crippen molar-refractivity contribution in [2.24, 2.45) is 0 Å². The molecular formula is C24H35N5O4. The Kier molecular flexibility index (Phi) is 6.63. The van der Waals surface area contributed by atoms with Crippen LogP contribution < -0.4 is 11.0 Å². The molecule has 2 aliphatic rings. The van der Waals surface area contributed by atoms with E-state index < -0.39 is 6.10 Å². The van der Waals surface area contributed by atoms with E-state index in [1.165, 1.54) is 16.4 Å². The largest absolute Gasteiger partial charge is 0.390 e.